The minimum Gasteiger partial charge on any atom is -0.497 e. The van der Waals surface area contributed by atoms with Gasteiger partial charge in [0.2, 0.25) is 11.6 Å². The number of carbonyl (C=O) groups is 3. The molecule has 222 valence electrons. The van der Waals surface area contributed by atoms with Crippen molar-refractivity contribution in [2.75, 3.05) is 41.0 Å². The van der Waals surface area contributed by atoms with E-state index in [-0.39, 0.29) is 31.9 Å². The Balaban J connectivity index is 2.17. The molecule has 4 rings (SSSR count). The average Bonchev–Trinajstić information content (AvgIpc) is 3.05. The second kappa shape index (κ2) is 11.4. The van der Waals surface area contributed by atoms with Gasteiger partial charge in [0.05, 0.1) is 40.4 Å². The number of methoxy groups -OCH3 is 3. The van der Waals surface area contributed by atoms with Crippen LogP contribution in [0.2, 0.25) is 0 Å². The summed E-state index contributed by atoms with van der Waals surface area (Å²) < 4.78 is 22.5. The summed E-state index contributed by atoms with van der Waals surface area (Å²) in [6, 6.07) is 10.5. The molecule has 1 unspecified atom stereocenters. The summed E-state index contributed by atoms with van der Waals surface area (Å²) in [7, 11) is 4.53. The van der Waals surface area contributed by atoms with Gasteiger partial charge in [-0.05, 0) is 25.1 Å². The van der Waals surface area contributed by atoms with E-state index in [0.717, 1.165) is 0 Å². The predicted octanol–water partition coefficient (Wildman–Crippen LogP) is 3.89. The topological polar surface area (TPSA) is 120 Å². The number of carboxylic acid groups (broad SMARTS) is 1. The number of hydrogen-bond donors (Lipinski definition) is 2. The number of ketones is 1. The molecule has 0 spiro atoms. The molecule has 10 heteroatoms. The number of Topliss-reactive ketones (excluding diaryl/α,β-unsaturated/α-hetero) is 1. The van der Waals surface area contributed by atoms with E-state index in [0.29, 0.717) is 40.6 Å². The number of quaternary nitrogens is 1. The zero-order valence-electron chi connectivity index (χ0n) is 24.9. The zero-order chi connectivity index (χ0) is 30.2. The van der Waals surface area contributed by atoms with Crippen LogP contribution in [-0.2, 0) is 25.7 Å². The number of benzene rings is 2. The van der Waals surface area contributed by atoms with E-state index in [9.17, 15) is 14.7 Å². The van der Waals surface area contributed by atoms with Crippen LogP contribution in [0.4, 0.5) is 5.69 Å². The van der Waals surface area contributed by atoms with Crippen molar-refractivity contribution in [2.24, 2.45) is 11.3 Å². The van der Waals surface area contributed by atoms with E-state index in [2.05, 4.69) is 5.32 Å². The molecular formula is C31H41N2O8+. The molecule has 10 nitrogen and oxygen atoms in total. The molecule has 2 aliphatic heterocycles. The van der Waals surface area contributed by atoms with Crippen molar-refractivity contribution >= 4 is 23.3 Å². The van der Waals surface area contributed by atoms with Crippen LogP contribution in [0, 0.1) is 11.3 Å². The lowest BCUT2D eigenvalue weighted by molar-refractivity contribution is -0.173. The van der Waals surface area contributed by atoms with E-state index < -0.39 is 39.3 Å². The molecule has 2 heterocycles. The fourth-order valence-corrected chi connectivity index (χ4v) is 6.73. The number of piperidine rings is 1. The average molecular weight is 570 g/mol. The van der Waals surface area contributed by atoms with Gasteiger partial charge in [-0.2, -0.15) is 0 Å². The van der Waals surface area contributed by atoms with Crippen molar-refractivity contribution in [1.29, 1.82) is 0 Å². The molecule has 2 aromatic rings. The van der Waals surface area contributed by atoms with Gasteiger partial charge in [0.1, 0.15) is 17.2 Å². The van der Waals surface area contributed by atoms with Gasteiger partial charge in [-0.1, -0.05) is 32.9 Å². The Morgan fingerprint density at radius 3 is 2.44 bits per heavy atom. The van der Waals surface area contributed by atoms with Gasteiger partial charge in [-0.3, -0.25) is 4.79 Å². The monoisotopic (exact) mass is 569 g/mol. The molecule has 41 heavy (non-hydrogen) atoms. The number of nitrogens with zero attached hydrogens (tertiary/aromatic N) is 1. The zero-order valence-corrected chi connectivity index (χ0v) is 24.9. The Labute approximate surface area is 241 Å². The first kappa shape index (κ1) is 30.5. The highest BCUT2D eigenvalue weighted by Gasteiger charge is 2.71. The first-order valence-corrected chi connectivity index (χ1v) is 13.7. The fraction of sp³-hybridized carbons (Fsp3) is 0.516. The Bertz CT molecular complexity index is 1340. The molecule has 4 atom stereocenters. The van der Waals surface area contributed by atoms with Gasteiger partial charge < -0.3 is 29.4 Å². The third-order valence-electron chi connectivity index (χ3n) is 8.28. The Hall–Kier alpha value is -3.47. The van der Waals surface area contributed by atoms with Crippen molar-refractivity contribution in [3.05, 3.63) is 47.5 Å². The normalized spacial score (nSPS) is 26.5. The van der Waals surface area contributed by atoms with Gasteiger partial charge in [0.15, 0.2) is 11.5 Å². The third kappa shape index (κ3) is 4.98. The van der Waals surface area contributed by atoms with E-state index in [1.165, 1.54) is 21.1 Å². The molecule has 1 amide bonds. The van der Waals surface area contributed by atoms with Crippen molar-refractivity contribution in [2.45, 2.75) is 52.4 Å². The molecule has 2 aromatic carbocycles. The van der Waals surface area contributed by atoms with Crippen molar-refractivity contribution in [3.63, 3.8) is 0 Å². The summed E-state index contributed by atoms with van der Waals surface area (Å²) in [4.78, 5) is 42.5. The van der Waals surface area contributed by atoms with Crippen molar-refractivity contribution < 1.29 is 38.4 Å². The maximum Gasteiger partial charge on any atom is 0.367 e. The van der Waals surface area contributed by atoms with Crippen molar-refractivity contribution in [3.8, 4) is 17.2 Å². The summed E-state index contributed by atoms with van der Waals surface area (Å²) >= 11 is 0. The van der Waals surface area contributed by atoms with Gasteiger partial charge in [0, 0.05) is 42.1 Å². The van der Waals surface area contributed by atoms with E-state index in [1.54, 1.807) is 43.5 Å². The van der Waals surface area contributed by atoms with Crippen LogP contribution in [0.25, 0.3) is 0 Å². The standard InChI is InChI=1S/C31H40N2O8/c1-19(34)23-16-32-14-13-31(23,29(36)37)33(18-30(2,3)4)24-12-11-21(38-5)15-20(24)17-41-27(28(33)35)22-9-8-10-25(39-6)26(22)40-7/h8-12,15,23,27,32H,13-14,16-18H2,1-7H3/p+1/t23-,27?,31+,33+/m1/s1. The molecular weight excluding hydrogens is 528 g/mol. The number of amides is 1. The fourth-order valence-electron chi connectivity index (χ4n) is 6.73. The second-order valence-corrected chi connectivity index (χ2v) is 12.0. The number of para-hydroxylation sites is 1. The lowest BCUT2D eigenvalue weighted by Crippen LogP contribution is -2.80. The molecule has 0 aliphatic carbocycles. The van der Waals surface area contributed by atoms with Crippen LogP contribution in [0.5, 0.6) is 17.2 Å². The van der Waals surface area contributed by atoms with Crippen LogP contribution in [0.3, 0.4) is 0 Å². The van der Waals surface area contributed by atoms with Crippen LogP contribution >= 0.6 is 0 Å². The second-order valence-electron chi connectivity index (χ2n) is 12.0. The minimum absolute atomic E-state index is 0.00609. The predicted molar refractivity (Wildman–Crippen MR) is 153 cm³/mol. The number of aliphatic carboxylic acids is 1. The highest BCUT2D eigenvalue weighted by molar-refractivity contribution is 6.04. The first-order chi connectivity index (χ1) is 19.4. The summed E-state index contributed by atoms with van der Waals surface area (Å²) in [6.07, 6.45) is -1.17. The number of carbonyl (C=O) groups excluding carboxylic acids is 2. The van der Waals surface area contributed by atoms with Gasteiger partial charge >= 0.3 is 11.9 Å². The van der Waals surface area contributed by atoms with E-state index in [1.807, 2.05) is 20.8 Å². The lowest BCUT2D eigenvalue weighted by Gasteiger charge is -2.54. The van der Waals surface area contributed by atoms with Crippen molar-refractivity contribution in [1.82, 2.24) is 9.80 Å². The molecule has 1 fully saturated rings. The Morgan fingerprint density at radius 2 is 1.85 bits per heavy atom. The first-order valence-electron chi connectivity index (χ1n) is 13.7. The maximum atomic E-state index is 15.4. The van der Waals surface area contributed by atoms with Gasteiger partial charge in [-0.25, -0.2) is 14.1 Å². The maximum absolute atomic E-state index is 15.4. The molecule has 1 saturated heterocycles. The molecule has 2 N–H and O–H groups in total. The van der Waals surface area contributed by atoms with Crippen LogP contribution in [-0.4, -0.2) is 69.3 Å². The SMILES string of the molecule is COc1ccc2c(c1)COC(c1cccc(OC)c1OC)C(=O)[N@@+]2(CC(C)(C)C)[C@@]1(C(=O)O)CCNC[C@@H]1C(C)=O. The molecule has 0 saturated carbocycles. The number of nitrogens with one attached hydrogen (secondary N) is 1. The number of hydrogen-bond acceptors (Lipinski definition) is 8. The highest BCUT2D eigenvalue weighted by atomic mass is 16.5. The quantitative estimate of drug-likeness (QED) is 0.456. The molecule has 2 aliphatic rings. The smallest absolute Gasteiger partial charge is 0.367 e. The Kier molecular flexibility index (Phi) is 8.50. The van der Waals surface area contributed by atoms with E-state index in [4.69, 9.17) is 18.9 Å². The highest BCUT2D eigenvalue weighted by Crippen LogP contribution is 2.52. The summed E-state index contributed by atoms with van der Waals surface area (Å²) in [6.45, 7) is 7.88. The third-order valence-corrected chi connectivity index (χ3v) is 8.28. The largest absolute Gasteiger partial charge is 0.497 e. The summed E-state index contributed by atoms with van der Waals surface area (Å²) in [5.74, 6) is -1.68. The molecule has 0 aromatic heterocycles. The van der Waals surface area contributed by atoms with Crippen LogP contribution in [0.1, 0.15) is 51.3 Å². The molecule has 0 radical (unpaired) electrons. The number of ether oxygens (including phenoxy) is 4. The van der Waals surface area contributed by atoms with Crippen LogP contribution < -0.4 is 24.0 Å². The number of carboxylic acids is 1. The molecule has 0 bridgehead atoms. The van der Waals surface area contributed by atoms with Crippen LogP contribution in [0.15, 0.2) is 36.4 Å². The Morgan fingerprint density at radius 1 is 1.12 bits per heavy atom. The van der Waals surface area contributed by atoms with Gasteiger partial charge in [-0.15, -0.1) is 0 Å². The summed E-state index contributed by atoms with van der Waals surface area (Å²) in [5.41, 5.74) is -0.835. The number of fused-ring (bicyclic) bond motifs is 1. The van der Waals surface area contributed by atoms with E-state index >= 15 is 4.79 Å². The minimum atomic E-state index is -1.82. The number of rotatable bonds is 8. The lowest BCUT2D eigenvalue weighted by atomic mass is 9.70. The van der Waals surface area contributed by atoms with Gasteiger partial charge in [0.25, 0.3) is 0 Å². The summed E-state index contributed by atoms with van der Waals surface area (Å²) in [5, 5.41) is 14.4.